The number of ether oxygens (including phenoxy) is 3. The lowest BCUT2D eigenvalue weighted by Gasteiger charge is -2.18. The van der Waals surface area contributed by atoms with Gasteiger partial charge < -0.3 is 14.2 Å². The largest absolute Gasteiger partial charge is 0.462 e. The Kier molecular flexibility index (Phi) is 52.5. The number of esters is 3. The Bertz CT molecular complexity index is 1510. The molecule has 0 amide bonds. The van der Waals surface area contributed by atoms with Crippen molar-refractivity contribution in [3.63, 3.8) is 0 Å². The molecular weight excluding hydrogens is 853 g/mol. The summed E-state index contributed by atoms with van der Waals surface area (Å²) in [5.41, 5.74) is 0. The van der Waals surface area contributed by atoms with E-state index in [1.807, 2.05) is 0 Å². The summed E-state index contributed by atoms with van der Waals surface area (Å²) in [5.74, 6) is -0.957. The fourth-order valence-corrected chi connectivity index (χ4v) is 7.06. The van der Waals surface area contributed by atoms with Crippen molar-refractivity contribution >= 4 is 17.9 Å². The molecule has 6 nitrogen and oxygen atoms in total. The predicted molar refractivity (Wildman–Crippen MR) is 297 cm³/mol. The van der Waals surface area contributed by atoms with Crippen LogP contribution in [0.1, 0.15) is 226 Å². The molecule has 0 radical (unpaired) electrons. The van der Waals surface area contributed by atoms with Crippen molar-refractivity contribution < 1.29 is 28.6 Å². The molecule has 1 unspecified atom stereocenters. The van der Waals surface area contributed by atoms with Crippen molar-refractivity contribution in [3.05, 3.63) is 134 Å². The van der Waals surface area contributed by atoms with E-state index in [0.717, 1.165) is 154 Å². The number of carbonyl (C=O) groups is 3. The van der Waals surface area contributed by atoms with Crippen LogP contribution in [0.5, 0.6) is 0 Å². The second kappa shape index (κ2) is 56.1. The van der Waals surface area contributed by atoms with Crippen LogP contribution in [0.15, 0.2) is 134 Å². The SMILES string of the molecule is CC/C=C\C/C=C\C/C=C\C/C=C\C/C=C\C/C=C\C/C=C\C/C=C\CCCCCCCCCCC(=O)OCC(COC(=O)CCCCCCC)OC(=O)CCCCC/C=C\C/C=C\C/C=C\CC. The fraction of sp³-hybridized carbons (Fsp3) is 0.603. The number of allylic oxidation sites excluding steroid dienone is 22. The first-order valence-electron chi connectivity index (χ1n) is 27.7. The van der Waals surface area contributed by atoms with Crippen molar-refractivity contribution in [2.75, 3.05) is 13.2 Å². The number of hydrogen-bond donors (Lipinski definition) is 0. The third-order valence-corrected chi connectivity index (χ3v) is 11.2. The Morgan fingerprint density at radius 1 is 0.304 bits per heavy atom. The summed E-state index contributed by atoms with van der Waals surface area (Å²) in [6.45, 7) is 6.27. The fourth-order valence-electron chi connectivity index (χ4n) is 7.06. The monoisotopic (exact) mass is 953 g/mol. The summed E-state index contributed by atoms with van der Waals surface area (Å²) in [6, 6.07) is 0. The molecule has 0 heterocycles. The van der Waals surface area contributed by atoms with Gasteiger partial charge in [-0.05, 0) is 116 Å². The average Bonchev–Trinajstić information content (AvgIpc) is 3.35. The van der Waals surface area contributed by atoms with Gasteiger partial charge in [0.1, 0.15) is 13.2 Å². The lowest BCUT2D eigenvalue weighted by Crippen LogP contribution is -2.30. The quantitative estimate of drug-likeness (QED) is 0.0262. The van der Waals surface area contributed by atoms with Crippen LogP contribution in [-0.2, 0) is 28.6 Å². The van der Waals surface area contributed by atoms with Gasteiger partial charge in [0.25, 0.3) is 0 Å². The number of rotatable bonds is 48. The molecule has 0 aliphatic rings. The maximum absolute atomic E-state index is 12.7. The van der Waals surface area contributed by atoms with E-state index in [9.17, 15) is 14.4 Å². The Labute approximate surface area is 424 Å². The molecular formula is C63H100O6. The molecule has 388 valence electrons. The van der Waals surface area contributed by atoms with Crippen molar-refractivity contribution in [1.82, 2.24) is 0 Å². The molecule has 0 rings (SSSR count). The Morgan fingerprint density at radius 2 is 0.565 bits per heavy atom. The molecule has 0 aromatic carbocycles. The topological polar surface area (TPSA) is 78.9 Å². The van der Waals surface area contributed by atoms with Crippen molar-refractivity contribution in [2.45, 2.75) is 232 Å². The van der Waals surface area contributed by atoms with Crippen molar-refractivity contribution in [2.24, 2.45) is 0 Å². The molecule has 0 saturated carbocycles. The minimum atomic E-state index is -0.795. The highest BCUT2D eigenvalue weighted by molar-refractivity contribution is 5.71. The molecule has 0 saturated heterocycles. The summed E-state index contributed by atoms with van der Waals surface area (Å²) in [4.78, 5) is 37.7. The van der Waals surface area contributed by atoms with E-state index in [2.05, 4.69) is 154 Å². The van der Waals surface area contributed by atoms with Crippen molar-refractivity contribution in [1.29, 1.82) is 0 Å². The number of carbonyl (C=O) groups excluding carboxylic acids is 3. The van der Waals surface area contributed by atoms with Gasteiger partial charge >= 0.3 is 17.9 Å². The minimum Gasteiger partial charge on any atom is -0.462 e. The number of hydrogen-bond acceptors (Lipinski definition) is 6. The van der Waals surface area contributed by atoms with Gasteiger partial charge in [0, 0.05) is 19.3 Å². The molecule has 0 aromatic heterocycles. The van der Waals surface area contributed by atoms with E-state index in [0.29, 0.717) is 12.8 Å². The molecule has 0 N–H and O–H groups in total. The molecule has 0 aliphatic carbocycles. The molecule has 1 atom stereocenters. The summed E-state index contributed by atoms with van der Waals surface area (Å²) >= 11 is 0. The standard InChI is InChI=1S/C63H100O6/c1-4-7-10-13-15-17-19-21-22-23-24-25-26-27-28-29-30-31-32-33-34-35-36-37-38-39-40-42-43-45-47-50-53-56-62(65)68-59-60(58-67-61(64)55-52-49-12-9-6-3)69-63(66)57-54-51-48-46-44-41-20-18-16-14-11-8-5-2/h7-8,10-11,15-18,21-22,24-25,27-28,30-31,33-34,36-37,41,44,60H,4-6,9,12-14,19-20,23,26,29,32,35,38-40,42-43,45-59H2,1-3H3/b10-7-,11-8-,17-15-,18-16-,22-21-,25-24-,28-27-,31-30-,34-33-,37-36-,44-41-. The second-order valence-electron chi connectivity index (χ2n) is 17.7. The van der Waals surface area contributed by atoms with Crippen LogP contribution in [0, 0.1) is 0 Å². The minimum absolute atomic E-state index is 0.0963. The summed E-state index contributed by atoms with van der Waals surface area (Å²) in [5, 5.41) is 0. The molecule has 0 aliphatic heterocycles. The van der Waals surface area contributed by atoms with Crippen LogP contribution in [0.2, 0.25) is 0 Å². The maximum Gasteiger partial charge on any atom is 0.306 e. The Balaban J connectivity index is 4.09. The van der Waals surface area contributed by atoms with E-state index in [1.165, 1.54) is 32.1 Å². The normalized spacial score (nSPS) is 13.1. The molecule has 0 bridgehead atoms. The zero-order valence-corrected chi connectivity index (χ0v) is 44.3. The van der Waals surface area contributed by atoms with Crippen LogP contribution in [-0.4, -0.2) is 37.2 Å². The van der Waals surface area contributed by atoms with Gasteiger partial charge in [-0.15, -0.1) is 0 Å². The van der Waals surface area contributed by atoms with Crippen LogP contribution in [0.4, 0.5) is 0 Å². The summed E-state index contributed by atoms with van der Waals surface area (Å²) in [6.07, 6.45) is 79.2. The summed E-state index contributed by atoms with van der Waals surface area (Å²) in [7, 11) is 0. The van der Waals surface area contributed by atoms with E-state index in [4.69, 9.17) is 14.2 Å². The lowest BCUT2D eigenvalue weighted by atomic mass is 10.1. The van der Waals surface area contributed by atoms with E-state index in [-0.39, 0.29) is 37.5 Å². The van der Waals surface area contributed by atoms with Gasteiger partial charge in [-0.2, -0.15) is 0 Å². The summed E-state index contributed by atoms with van der Waals surface area (Å²) < 4.78 is 16.6. The second-order valence-corrected chi connectivity index (χ2v) is 17.7. The third kappa shape index (κ3) is 54.4. The molecule has 0 fully saturated rings. The van der Waals surface area contributed by atoms with E-state index < -0.39 is 6.10 Å². The highest BCUT2D eigenvalue weighted by Gasteiger charge is 2.19. The van der Waals surface area contributed by atoms with E-state index in [1.54, 1.807) is 0 Å². The van der Waals surface area contributed by atoms with Crippen LogP contribution < -0.4 is 0 Å². The average molecular weight is 953 g/mol. The highest BCUT2D eigenvalue weighted by Crippen LogP contribution is 2.13. The molecule has 0 aromatic rings. The van der Waals surface area contributed by atoms with Gasteiger partial charge in [0.15, 0.2) is 6.10 Å². The molecule has 6 heteroatoms. The Hall–Kier alpha value is -4.45. The van der Waals surface area contributed by atoms with Crippen LogP contribution >= 0.6 is 0 Å². The third-order valence-electron chi connectivity index (χ3n) is 11.2. The maximum atomic E-state index is 12.7. The first kappa shape index (κ1) is 64.5. The van der Waals surface area contributed by atoms with Gasteiger partial charge in [0.2, 0.25) is 0 Å². The zero-order chi connectivity index (χ0) is 50.0. The van der Waals surface area contributed by atoms with Crippen molar-refractivity contribution in [3.8, 4) is 0 Å². The number of unbranched alkanes of at least 4 members (excludes halogenated alkanes) is 15. The van der Waals surface area contributed by atoms with Gasteiger partial charge in [0.05, 0.1) is 0 Å². The highest BCUT2D eigenvalue weighted by atomic mass is 16.6. The smallest absolute Gasteiger partial charge is 0.306 e. The van der Waals surface area contributed by atoms with Crippen LogP contribution in [0.25, 0.3) is 0 Å². The lowest BCUT2D eigenvalue weighted by molar-refractivity contribution is -0.167. The molecule has 0 spiro atoms. The predicted octanol–water partition coefficient (Wildman–Crippen LogP) is 18.6. The zero-order valence-electron chi connectivity index (χ0n) is 44.3. The Morgan fingerprint density at radius 3 is 0.899 bits per heavy atom. The molecule has 69 heavy (non-hydrogen) atoms. The first-order chi connectivity index (χ1) is 34.0. The van der Waals surface area contributed by atoms with Gasteiger partial charge in [-0.3, -0.25) is 14.4 Å². The van der Waals surface area contributed by atoms with E-state index >= 15 is 0 Å². The first-order valence-corrected chi connectivity index (χ1v) is 27.7. The van der Waals surface area contributed by atoms with Gasteiger partial charge in [-0.25, -0.2) is 0 Å². The van der Waals surface area contributed by atoms with Crippen LogP contribution in [0.3, 0.4) is 0 Å². The van der Waals surface area contributed by atoms with Gasteiger partial charge in [-0.1, -0.05) is 225 Å².